The molecule has 0 bridgehead atoms. The van der Waals surface area contributed by atoms with E-state index in [1.54, 1.807) is 6.66 Å². The van der Waals surface area contributed by atoms with Crippen LogP contribution in [0.25, 0.3) is 4.85 Å². The minimum Gasteiger partial charge on any atom is -0.354 e. The van der Waals surface area contributed by atoms with Crippen LogP contribution in [0.5, 0.6) is 0 Å². The van der Waals surface area contributed by atoms with E-state index in [0.717, 1.165) is 0 Å². The van der Waals surface area contributed by atoms with E-state index in [-0.39, 0.29) is 51.5 Å². The highest BCUT2D eigenvalue weighted by atomic mass is 31.2. The maximum Gasteiger partial charge on any atom is 0.351 e. The molecule has 1 aromatic heterocycles. The summed E-state index contributed by atoms with van der Waals surface area (Å²) >= 11 is 0. The summed E-state index contributed by atoms with van der Waals surface area (Å²) in [6.45, 7) is 12.3. The molecule has 1 fully saturated rings. The molecule has 2 rings (SSSR count). The molecule has 13 nitrogen and oxygen atoms in total. The first-order valence-electron chi connectivity index (χ1n) is 10.9. The predicted molar refractivity (Wildman–Crippen MR) is 124 cm³/mol. The van der Waals surface area contributed by atoms with Gasteiger partial charge in [-0.1, -0.05) is 6.92 Å². The molecule has 192 valence electrons. The van der Waals surface area contributed by atoms with Crippen LogP contribution in [0.15, 0.2) is 17.1 Å². The maximum absolute atomic E-state index is 12.7. The fraction of sp³-hybridized carbons (Fsp3) is 0.667. The lowest BCUT2D eigenvalue weighted by molar-refractivity contribution is -0.173. The number of nitrogens with zero attached hydrogens (tertiary/aromatic N) is 4. The number of carbonyl (C=O) groups is 1. The second-order valence-electron chi connectivity index (χ2n) is 7.27. The van der Waals surface area contributed by atoms with Crippen molar-refractivity contribution in [3.63, 3.8) is 0 Å². The van der Waals surface area contributed by atoms with E-state index in [1.807, 2.05) is 13.0 Å². The van der Waals surface area contributed by atoms with Gasteiger partial charge in [0.05, 0.1) is 25.2 Å². The van der Waals surface area contributed by atoms with Gasteiger partial charge in [-0.3, -0.25) is 9.36 Å². The van der Waals surface area contributed by atoms with Gasteiger partial charge in [0.25, 0.3) is 0 Å². The van der Waals surface area contributed by atoms with Crippen molar-refractivity contribution in [2.75, 3.05) is 45.3 Å². The Balaban J connectivity index is 2.18. The molecule has 0 radical (unpaired) electrons. The van der Waals surface area contributed by atoms with E-state index in [0.29, 0.717) is 6.42 Å². The molecule has 14 heteroatoms. The van der Waals surface area contributed by atoms with Crippen LogP contribution in [-0.4, -0.2) is 73.8 Å². The number of anilines is 1. The fourth-order valence-corrected chi connectivity index (χ4v) is 4.23. The van der Waals surface area contributed by atoms with Gasteiger partial charge in [-0.15, -0.1) is 0 Å². The molecule has 1 aliphatic heterocycles. The lowest BCUT2D eigenvalue weighted by atomic mass is 10.1. The molecule has 0 saturated carbocycles. The summed E-state index contributed by atoms with van der Waals surface area (Å²) in [5, 5.41) is 11.0. The van der Waals surface area contributed by atoms with Crippen LogP contribution in [-0.2, 0) is 32.8 Å². The Morgan fingerprint density at radius 2 is 2.17 bits per heavy atom. The van der Waals surface area contributed by atoms with Crippen molar-refractivity contribution < 1.29 is 32.8 Å². The van der Waals surface area contributed by atoms with E-state index in [9.17, 15) is 9.59 Å². The second kappa shape index (κ2) is 15.5. The Hall–Kier alpha value is -2.48. The van der Waals surface area contributed by atoms with E-state index >= 15 is 0 Å². The van der Waals surface area contributed by atoms with Crippen LogP contribution in [0.2, 0.25) is 0 Å². The molecule has 0 aromatic carbocycles. The number of carbonyl (C=O) groups excluding carboxylic acids is 1. The number of hydrogen-bond donors (Lipinski definition) is 1. The van der Waals surface area contributed by atoms with Crippen LogP contribution in [0.1, 0.15) is 32.9 Å². The first-order valence-corrected chi connectivity index (χ1v) is 12.6. The van der Waals surface area contributed by atoms with Crippen molar-refractivity contribution in [1.29, 1.82) is 5.26 Å². The molecule has 1 N–H and O–H groups in total. The number of nitriles is 1. The highest BCUT2D eigenvalue weighted by molar-refractivity contribution is 7.46. The third-order valence-corrected chi connectivity index (χ3v) is 5.80. The number of rotatable bonds is 15. The molecule has 0 spiro atoms. The lowest BCUT2D eigenvalue weighted by Crippen LogP contribution is -2.39. The first-order chi connectivity index (χ1) is 16.9. The second-order valence-corrected chi connectivity index (χ2v) is 8.62. The minimum absolute atomic E-state index is 0.0736. The van der Waals surface area contributed by atoms with Crippen molar-refractivity contribution in [2.45, 2.75) is 51.2 Å². The van der Waals surface area contributed by atoms with Crippen LogP contribution in [0.3, 0.4) is 0 Å². The SMILES string of the molecule is [C-]#[N+]CCOP(C)O[C@@H]1C(OCOCOCCC#N)[C@H](n2ccc(NC(C)=O)nc2=O)O[C@@H]1CC. The molecule has 1 amide bonds. The zero-order valence-electron chi connectivity index (χ0n) is 19.9. The molecule has 1 aromatic rings. The van der Waals surface area contributed by atoms with Crippen LogP contribution >= 0.6 is 8.38 Å². The highest BCUT2D eigenvalue weighted by Crippen LogP contribution is 2.43. The van der Waals surface area contributed by atoms with Gasteiger partial charge in [-0.2, -0.15) is 10.2 Å². The van der Waals surface area contributed by atoms with Crippen LogP contribution in [0.4, 0.5) is 5.82 Å². The summed E-state index contributed by atoms with van der Waals surface area (Å²) in [6, 6.07) is 3.45. The van der Waals surface area contributed by atoms with Gasteiger partial charge in [0.15, 0.2) is 14.6 Å². The summed E-state index contributed by atoms with van der Waals surface area (Å²) in [4.78, 5) is 31.2. The number of amides is 1. The molecule has 5 atom stereocenters. The molecular weight excluding hydrogens is 481 g/mol. The molecule has 35 heavy (non-hydrogen) atoms. The van der Waals surface area contributed by atoms with E-state index in [1.165, 1.54) is 23.8 Å². The third-order valence-electron chi connectivity index (χ3n) is 4.71. The van der Waals surface area contributed by atoms with Gasteiger partial charge in [0.1, 0.15) is 38.2 Å². The number of ether oxygens (including phenoxy) is 4. The van der Waals surface area contributed by atoms with Crippen molar-refractivity contribution in [3.8, 4) is 6.07 Å². The Kier molecular flexibility index (Phi) is 12.7. The Labute approximate surface area is 205 Å². The van der Waals surface area contributed by atoms with E-state index in [2.05, 4.69) is 15.1 Å². The Bertz CT molecular complexity index is 949. The van der Waals surface area contributed by atoms with Crippen molar-refractivity contribution in [1.82, 2.24) is 9.55 Å². The summed E-state index contributed by atoms with van der Waals surface area (Å²) < 4.78 is 35.6. The largest absolute Gasteiger partial charge is 0.354 e. The van der Waals surface area contributed by atoms with Crippen LogP contribution < -0.4 is 11.0 Å². The monoisotopic (exact) mass is 511 g/mol. The molecule has 0 aliphatic carbocycles. The lowest BCUT2D eigenvalue weighted by Gasteiger charge is -2.26. The average molecular weight is 511 g/mol. The first kappa shape index (κ1) is 28.8. The van der Waals surface area contributed by atoms with Crippen molar-refractivity contribution >= 4 is 20.1 Å². The topological polar surface area (TPSA) is 148 Å². The van der Waals surface area contributed by atoms with Gasteiger partial charge in [0, 0.05) is 19.8 Å². The van der Waals surface area contributed by atoms with Gasteiger partial charge in [0.2, 0.25) is 12.5 Å². The minimum atomic E-state index is -1.35. The third kappa shape index (κ3) is 9.24. The van der Waals surface area contributed by atoms with Crippen molar-refractivity contribution in [3.05, 3.63) is 34.2 Å². The summed E-state index contributed by atoms with van der Waals surface area (Å²) in [5.74, 6) is -0.228. The van der Waals surface area contributed by atoms with Gasteiger partial charge in [-0.05, 0) is 12.5 Å². The van der Waals surface area contributed by atoms with E-state index < -0.39 is 38.6 Å². The van der Waals surface area contributed by atoms with Crippen molar-refractivity contribution in [2.24, 2.45) is 0 Å². The van der Waals surface area contributed by atoms with E-state index in [4.69, 9.17) is 39.8 Å². The van der Waals surface area contributed by atoms with Gasteiger partial charge < -0.3 is 38.2 Å². The predicted octanol–water partition coefficient (Wildman–Crippen LogP) is 2.02. The summed E-state index contributed by atoms with van der Waals surface area (Å²) in [7, 11) is -1.35. The summed E-state index contributed by atoms with van der Waals surface area (Å²) in [6.07, 6.45) is -0.396. The molecule has 2 unspecified atom stereocenters. The number of aromatic nitrogens is 2. The highest BCUT2D eigenvalue weighted by Gasteiger charge is 2.48. The Morgan fingerprint density at radius 1 is 1.37 bits per heavy atom. The molecule has 1 aliphatic rings. The number of nitrogens with one attached hydrogen (secondary N) is 1. The smallest absolute Gasteiger partial charge is 0.351 e. The molecule has 1 saturated heterocycles. The quantitative estimate of drug-likeness (QED) is 0.160. The molecular formula is C21H30N5O8P. The number of hydrogen-bond acceptors (Lipinski definition) is 10. The molecule has 2 heterocycles. The average Bonchev–Trinajstić information content (AvgIpc) is 3.15. The zero-order valence-corrected chi connectivity index (χ0v) is 20.8. The summed E-state index contributed by atoms with van der Waals surface area (Å²) in [5.41, 5.74) is -0.641. The standard InChI is InChI=1S/C21H30N5O8P/c1-5-16-18(34-35(4)32-12-9-23-3)19(31-14-30-13-29-11-6-8-22)20(33-16)26-10-7-17(24-15(2)27)25-21(26)28/h7,10,16,18-20H,5-6,9,11-14H2,1-2,4H3,(H,24,25,27,28)/t16-,18+,19?,20-,35?/m1/s1. The zero-order chi connectivity index (χ0) is 25.6. The maximum atomic E-state index is 12.7. The normalized spacial score (nSPS) is 22.3. The Morgan fingerprint density at radius 3 is 2.83 bits per heavy atom. The fourth-order valence-electron chi connectivity index (χ4n) is 3.23. The van der Waals surface area contributed by atoms with Gasteiger partial charge in [-0.25, -0.2) is 11.4 Å². The van der Waals surface area contributed by atoms with Crippen LogP contribution in [0, 0.1) is 17.9 Å². The van der Waals surface area contributed by atoms with Gasteiger partial charge >= 0.3 is 5.69 Å².